The molecule has 0 radical (unpaired) electrons. The Morgan fingerprint density at radius 2 is 1.68 bits per heavy atom. The van der Waals surface area contributed by atoms with Crippen LogP contribution in [0.1, 0.15) is 34.1 Å². The van der Waals surface area contributed by atoms with Crippen molar-refractivity contribution in [2.45, 2.75) is 13.3 Å². The Morgan fingerprint density at radius 1 is 0.947 bits per heavy atom. The summed E-state index contributed by atoms with van der Waals surface area (Å²) in [5.41, 5.74) is 1.35. The van der Waals surface area contributed by atoms with Crippen molar-refractivity contribution in [3.8, 4) is 5.75 Å². The molecule has 0 aromatic heterocycles. The molecule has 2 N–H and O–H groups in total. The van der Waals surface area contributed by atoms with Crippen LogP contribution in [0.3, 0.4) is 0 Å². The molecule has 9 nitrogen and oxygen atoms in total. The molecule has 1 aliphatic heterocycles. The van der Waals surface area contributed by atoms with Crippen molar-refractivity contribution >= 4 is 52.4 Å². The van der Waals surface area contributed by atoms with Crippen molar-refractivity contribution in [1.29, 1.82) is 0 Å². The average molecular weight is 534 g/mol. The zero-order valence-corrected chi connectivity index (χ0v) is 21.4. The molecule has 3 aromatic carbocycles. The van der Waals surface area contributed by atoms with E-state index in [1.807, 2.05) is 6.92 Å². The van der Waals surface area contributed by atoms with Crippen LogP contribution in [0.4, 0.5) is 17.1 Å². The van der Waals surface area contributed by atoms with E-state index in [2.05, 4.69) is 10.6 Å². The molecule has 3 aromatic rings. The first-order valence-corrected chi connectivity index (χ1v) is 12.1. The minimum absolute atomic E-state index is 0.117. The van der Waals surface area contributed by atoms with Gasteiger partial charge in [0, 0.05) is 11.3 Å². The fourth-order valence-corrected chi connectivity index (χ4v) is 3.91. The average Bonchev–Trinajstić information content (AvgIpc) is 3.15. The lowest BCUT2D eigenvalue weighted by atomic mass is 10.1. The van der Waals surface area contributed by atoms with Gasteiger partial charge in [0.05, 0.1) is 30.7 Å². The molecule has 0 bridgehead atoms. The molecule has 0 saturated heterocycles. The molecule has 0 unspecified atom stereocenters. The molecule has 0 saturated carbocycles. The fourth-order valence-electron chi connectivity index (χ4n) is 3.70. The number of hydrogen-bond donors (Lipinski definition) is 2. The highest BCUT2D eigenvalue weighted by molar-refractivity contribution is 6.53. The first-order valence-electron chi connectivity index (χ1n) is 11.7. The van der Waals surface area contributed by atoms with Gasteiger partial charge in [-0.1, -0.05) is 36.7 Å². The molecule has 0 fully saturated rings. The van der Waals surface area contributed by atoms with Gasteiger partial charge in [0.1, 0.15) is 16.5 Å². The summed E-state index contributed by atoms with van der Waals surface area (Å²) >= 11 is 6.23. The van der Waals surface area contributed by atoms with Crippen molar-refractivity contribution in [3.05, 3.63) is 94.7 Å². The lowest BCUT2D eigenvalue weighted by Gasteiger charge is -2.15. The molecule has 0 aliphatic carbocycles. The molecule has 194 valence electrons. The van der Waals surface area contributed by atoms with E-state index in [1.54, 1.807) is 66.7 Å². The number of benzene rings is 3. The second kappa shape index (κ2) is 11.6. The highest BCUT2D eigenvalue weighted by Gasteiger charge is 2.39. The summed E-state index contributed by atoms with van der Waals surface area (Å²) in [5.74, 6) is -1.77. The Kier molecular flexibility index (Phi) is 8.08. The highest BCUT2D eigenvalue weighted by atomic mass is 35.5. The predicted molar refractivity (Wildman–Crippen MR) is 143 cm³/mol. The summed E-state index contributed by atoms with van der Waals surface area (Å²) in [7, 11) is 1.51. The number of carbonyl (C=O) groups is 4. The zero-order chi connectivity index (χ0) is 27.2. The summed E-state index contributed by atoms with van der Waals surface area (Å²) in [4.78, 5) is 52.1. The van der Waals surface area contributed by atoms with Crippen LogP contribution in [-0.4, -0.2) is 37.4 Å². The van der Waals surface area contributed by atoms with Gasteiger partial charge in [0.2, 0.25) is 0 Å². The smallest absolute Gasteiger partial charge is 0.340 e. The highest BCUT2D eigenvalue weighted by Crippen LogP contribution is 2.31. The number of ether oxygens (including phenoxy) is 2. The largest absolute Gasteiger partial charge is 0.497 e. The SMILES string of the molecule is CCCOC(=O)c1ccccc1NC(=O)c1cccc(NC2=C(Cl)C(=O)N(c3ccc(OC)cc3)C2=O)c1. The summed E-state index contributed by atoms with van der Waals surface area (Å²) < 4.78 is 10.3. The van der Waals surface area contributed by atoms with E-state index >= 15 is 0 Å². The number of hydrogen-bond acceptors (Lipinski definition) is 7. The number of carbonyl (C=O) groups excluding carboxylic acids is 4. The van der Waals surface area contributed by atoms with Crippen LogP contribution in [0, 0.1) is 0 Å². The van der Waals surface area contributed by atoms with Crippen LogP contribution >= 0.6 is 11.6 Å². The van der Waals surface area contributed by atoms with Crippen LogP contribution in [0.2, 0.25) is 0 Å². The van der Waals surface area contributed by atoms with Crippen molar-refractivity contribution < 1.29 is 28.7 Å². The van der Waals surface area contributed by atoms with Gasteiger partial charge in [-0.3, -0.25) is 14.4 Å². The van der Waals surface area contributed by atoms with Crippen LogP contribution in [-0.2, 0) is 14.3 Å². The summed E-state index contributed by atoms with van der Waals surface area (Å²) in [6, 6.07) is 19.2. The van der Waals surface area contributed by atoms with E-state index in [0.717, 1.165) is 4.90 Å². The molecular weight excluding hydrogens is 510 g/mol. The standard InChI is InChI=1S/C28H24ClN3O6/c1-3-15-38-28(36)21-9-4-5-10-22(21)31-25(33)17-7-6-8-18(16-17)30-24-23(29)26(34)32(27(24)35)19-11-13-20(37-2)14-12-19/h4-14,16,30H,3,15H2,1-2H3,(H,31,33). The van der Waals surface area contributed by atoms with E-state index < -0.39 is 23.7 Å². The van der Waals surface area contributed by atoms with Crippen LogP contribution < -0.4 is 20.3 Å². The molecule has 0 atom stereocenters. The topological polar surface area (TPSA) is 114 Å². The maximum absolute atomic E-state index is 13.1. The number of rotatable bonds is 9. The molecule has 1 aliphatic rings. The Balaban J connectivity index is 1.51. The van der Waals surface area contributed by atoms with Gasteiger partial charge in [0.15, 0.2) is 0 Å². The third-order valence-corrected chi connectivity index (χ3v) is 5.94. The Labute approximate surface area is 224 Å². The lowest BCUT2D eigenvalue weighted by molar-refractivity contribution is -0.120. The van der Waals surface area contributed by atoms with Gasteiger partial charge >= 0.3 is 5.97 Å². The first-order chi connectivity index (χ1) is 18.3. The number of nitrogens with one attached hydrogen (secondary N) is 2. The minimum Gasteiger partial charge on any atom is -0.497 e. The quantitative estimate of drug-likeness (QED) is 0.295. The Bertz CT molecular complexity index is 1430. The van der Waals surface area contributed by atoms with E-state index in [0.29, 0.717) is 29.2 Å². The number of methoxy groups -OCH3 is 1. The zero-order valence-electron chi connectivity index (χ0n) is 20.6. The van der Waals surface area contributed by atoms with E-state index in [9.17, 15) is 19.2 Å². The minimum atomic E-state index is -0.676. The number of halogens is 1. The third kappa shape index (κ3) is 5.52. The van der Waals surface area contributed by atoms with Crippen LogP contribution in [0.15, 0.2) is 83.5 Å². The Morgan fingerprint density at radius 3 is 2.39 bits per heavy atom. The molecule has 3 amide bonds. The van der Waals surface area contributed by atoms with Gasteiger partial charge in [-0.15, -0.1) is 0 Å². The Hall–Kier alpha value is -4.63. The van der Waals surface area contributed by atoms with Gasteiger partial charge in [0.25, 0.3) is 17.7 Å². The number of amides is 3. The third-order valence-electron chi connectivity index (χ3n) is 5.58. The number of nitrogens with zero attached hydrogens (tertiary/aromatic N) is 1. The molecule has 4 rings (SSSR count). The van der Waals surface area contributed by atoms with Crippen molar-refractivity contribution in [2.75, 3.05) is 29.3 Å². The lowest BCUT2D eigenvalue weighted by Crippen LogP contribution is -2.32. The van der Waals surface area contributed by atoms with Gasteiger partial charge in [-0.2, -0.15) is 0 Å². The van der Waals surface area contributed by atoms with Gasteiger partial charge < -0.3 is 20.1 Å². The number of esters is 1. The first kappa shape index (κ1) is 26.4. The fraction of sp³-hybridized carbons (Fsp3) is 0.143. The van der Waals surface area contributed by atoms with Gasteiger partial charge in [-0.05, 0) is 61.0 Å². The monoisotopic (exact) mass is 533 g/mol. The normalized spacial score (nSPS) is 13.0. The van der Waals surface area contributed by atoms with Crippen molar-refractivity contribution in [2.24, 2.45) is 0 Å². The van der Waals surface area contributed by atoms with E-state index in [1.165, 1.54) is 13.2 Å². The second-order valence-corrected chi connectivity index (χ2v) is 8.55. The predicted octanol–water partition coefficient (Wildman–Crippen LogP) is 4.95. The molecule has 0 spiro atoms. The second-order valence-electron chi connectivity index (χ2n) is 8.17. The number of anilines is 3. The van der Waals surface area contributed by atoms with Crippen molar-refractivity contribution in [1.82, 2.24) is 0 Å². The number of para-hydroxylation sites is 1. The molecule has 38 heavy (non-hydrogen) atoms. The van der Waals surface area contributed by atoms with Crippen LogP contribution in [0.25, 0.3) is 0 Å². The summed E-state index contributed by atoms with van der Waals surface area (Å²) in [5, 5.41) is 5.31. The van der Waals surface area contributed by atoms with E-state index in [-0.39, 0.29) is 28.5 Å². The molecule has 10 heteroatoms. The molecule has 1 heterocycles. The van der Waals surface area contributed by atoms with E-state index in [4.69, 9.17) is 21.1 Å². The maximum atomic E-state index is 13.1. The summed E-state index contributed by atoms with van der Waals surface area (Å²) in [6.45, 7) is 2.15. The van der Waals surface area contributed by atoms with Crippen LogP contribution in [0.5, 0.6) is 5.75 Å². The number of imide groups is 1. The summed E-state index contributed by atoms with van der Waals surface area (Å²) in [6.07, 6.45) is 0.673. The maximum Gasteiger partial charge on any atom is 0.340 e. The molecular formula is C28H24ClN3O6. The van der Waals surface area contributed by atoms with Gasteiger partial charge in [-0.25, -0.2) is 9.69 Å². The van der Waals surface area contributed by atoms with Crippen molar-refractivity contribution in [3.63, 3.8) is 0 Å².